The van der Waals surface area contributed by atoms with E-state index in [0.29, 0.717) is 31.0 Å². The molecule has 0 aliphatic carbocycles. The molecular formula is C22H31N5O3. The average Bonchev–Trinajstić information content (AvgIpc) is 2.96. The highest BCUT2D eigenvalue weighted by atomic mass is 16.2. The molecule has 1 aromatic carbocycles. The monoisotopic (exact) mass is 413 g/mol. The summed E-state index contributed by atoms with van der Waals surface area (Å²) in [5.74, 6) is -0.120. The van der Waals surface area contributed by atoms with Gasteiger partial charge in [-0.05, 0) is 45.4 Å². The molecule has 2 heterocycles. The van der Waals surface area contributed by atoms with Gasteiger partial charge in [-0.15, -0.1) is 0 Å². The Bertz CT molecular complexity index is 948. The van der Waals surface area contributed by atoms with Crippen molar-refractivity contribution in [2.45, 2.75) is 33.1 Å². The average molecular weight is 414 g/mol. The molecule has 1 fully saturated rings. The Morgan fingerprint density at radius 2 is 1.93 bits per heavy atom. The molecule has 1 aliphatic heterocycles. The van der Waals surface area contributed by atoms with Gasteiger partial charge in [-0.25, -0.2) is 4.68 Å². The quantitative estimate of drug-likeness (QED) is 0.723. The van der Waals surface area contributed by atoms with Crippen LogP contribution in [0.3, 0.4) is 0 Å². The number of benzene rings is 1. The SMILES string of the molecule is CCNC(=O)C1CCCN(CCC(=O)Nc2c(C)n(C)n(-c3ccccc3)c2=O)C1. The Kier molecular flexibility index (Phi) is 7.10. The lowest BCUT2D eigenvalue weighted by Crippen LogP contribution is -2.43. The summed E-state index contributed by atoms with van der Waals surface area (Å²) < 4.78 is 3.29. The molecule has 2 aromatic rings. The number of piperidine rings is 1. The first kappa shape index (κ1) is 21.8. The van der Waals surface area contributed by atoms with Gasteiger partial charge in [0.25, 0.3) is 5.56 Å². The van der Waals surface area contributed by atoms with E-state index >= 15 is 0 Å². The van der Waals surface area contributed by atoms with Crippen LogP contribution in [-0.2, 0) is 16.6 Å². The molecule has 1 atom stereocenters. The normalized spacial score (nSPS) is 17.0. The summed E-state index contributed by atoms with van der Waals surface area (Å²) in [4.78, 5) is 39.7. The molecule has 1 aliphatic rings. The van der Waals surface area contributed by atoms with Crippen LogP contribution >= 0.6 is 0 Å². The predicted molar refractivity (Wildman–Crippen MR) is 117 cm³/mol. The van der Waals surface area contributed by atoms with E-state index in [4.69, 9.17) is 0 Å². The van der Waals surface area contributed by atoms with Crippen molar-refractivity contribution in [3.05, 3.63) is 46.4 Å². The summed E-state index contributed by atoms with van der Waals surface area (Å²) in [6.45, 7) is 6.49. The van der Waals surface area contributed by atoms with Gasteiger partial charge in [0.1, 0.15) is 5.69 Å². The highest BCUT2D eigenvalue weighted by Gasteiger charge is 2.26. The number of carbonyl (C=O) groups is 2. The lowest BCUT2D eigenvalue weighted by atomic mass is 9.97. The van der Waals surface area contributed by atoms with Crippen LogP contribution in [0.1, 0.15) is 31.9 Å². The maximum Gasteiger partial charge on any atom is 0.295 e. The first-order chi connectivity index (χ1) is 14.4. The second-order valence-corrected chi connectivity index (χ2v) is 7.77. The van der Waals surface area contributed by atoms with Crippen LogP contribution in [0.15, 0.2) is 35.1 Å². The van der Waals surface area contributed by atoms with Crippen LogP contribution in [-0.4, -0.2) is 52.3 Å². The highest BCUT2D eigenvalue weighted by molar-refractivity contribution is 5.91. The van der Waals surface area contributed by atoms with Gasteiger partial charge in [0.2, 0.25) is 11.8 Å². The number of nitrogens with one attached hydrogen (secondary N) is 2. The number of hydrogen-bond acceptors (Lipinski definition) is 4. The van der Waals surface area contributed by atoms with Crippen molar-refractivity contribution in [1.82, 2.24) is 19.6 Å². The fourth-order valence-electron chi connectivity index (χ4n) is 3.97. The topological polar surface area (TPSA) is 88.4 Å². The van der Waals surface area contributed by atoms with Crippen molar-refractivity contribution in [3.63, 3.8) is 0 Å². The first-order valence-corrected chi connectivity index (χ1v) is 10.6. The number of nitrogens with zero attached hydrogens (tertiary/aromatic N) is 3. The second kappa shape index (κ2) is 9.75. The van der Waals surface area contributed by atoms with Gasteiger partial charge >= 0.3 is 0 Å². The molecule has 30 heavy (non-hydrogen) atoms. The maximum absolute atomic E-state index is 12.9. The minimum atomic E-state index is -0.246. The van der Waals surface area contributed by atoms with Gasteiger partial charge in [-0.3, -0.25) is 19.1 Å². The summed E-state index contributed by atoms with van der Waals surface area (Å²) in [6.07, 6.45) is 2.11. The molecule has 0 radical (unpaired) electrons. The highest BCUT2D eigenvalue weighted by Crippen LogP contribution is 2.18. The molecule has 3 rings (SSSR count). The summed E-state index contributed by atoms with van der Waals surface area (Å²) in [7, 11) is 1.80. The van der Waals surface area contributed by atoms with Gasteiger partial charge in [0, 0.05) is 33.1 Å². The van der Waals surface area contributed by atoms with Crippen molar-refractivity contribution in [2.24, 2.45) is 13.0 Å². The first-order valence-electron chi connectivity index (χ1n) is 10.6. The fourth-order valence-corrected chi connectivity index (χ4v) is 3.97. The van der Waals surface area contributed by atoms with E-state index < -0.39 is 0 Å². The van der Waals surface area contributed by atoms with E-state index in [1.54, 1.807) is 16.4 Å². The Labute approximate surface area is 176 Å². The molecule has 0 saturated carbocycles. The molecule has 0 bridgehead atoms. The lowest BCUT2D eigenvalue weighted by molar-refractivity contribution is -0.126. The predicted octanol–water partition coefficient (Wildman–Crippen LogP) is 1.66. The third-order valence-electron chi connectivity index (χ3n) is 5.70. The Balaban J connectivity index is 1.62. The van der Waals surface area contributed by atoms with Gasteiger partial charge in [-0.1, -0.05) is 18.2 Å². The van der Waals surface area contributed by atoms with Crippen LogP contribution in [0, 0.1) is 12.8 Å². The second-order valence-electron chi connectivity index (χ2n) is 7.77. The van der Waals surface area contributed by atoms with E-state index in [1.807, 2.05) is 44.2 Å². The molecule has 8 heteroatoms. The van der Waals surface area contributed by atoms with Crippen molar-refractivity contribution in [3.8, 4) is 5.69 Å². The number of aromatic nitrogens is 2. The summed E-state index contributed by atoms with van der Waals surface area (Å²) in [6, 6.07) is 9.34. The zero-order chi connectivity index (χ0) is 21.7. The number of anilines is 1. The van der Waals surface area contributed by atoms with E-state index in [2.05, 4.69) is 15.5 Å². The zero-order valence-electron chi connectivity index (χ0n) is 18.0. The minimum absolute atomic E-state index is 0.0174. The van der Waals surface area contributed by atoms with Crippen LogP contribution in [0.5, 0.6) is 0 Å². The largest absolute Gasteiger partial charge is 0.356 e. The summed E-state index contributed by atoms with van der Waals surface area (Å²) in [5.41, 5.74) is 1.51. The Morgan fingerprint density at radius 3 is 2.63 bits per heavy atom. The molecule has 1 unspecified atom stereocenters. The smallest absolute Gasteiger partial charge is 0.295 e. The Morgan fingerprint density at radius 1 is 1.20 bits per heavy atom. The number of amides is 2. The fraction of sp³-hybridized carbons (Fsp3) is 0.500. The number of para-hydroxylation sites is 1. The molecule has 1 saturated heterocycles. The van der Waals surface area contributed by atoms with Crippen molar-refractivity contribution >= 4 is 17.5 Å². The van der Waals surface area contributed by atoms with Gasteiger partial charge in [-0.2, -0.15) is 0 Å². The van der Waals surface area contributed by atoms with Crippen LogP contribution < -0.4 is 16.2 Å². The van der Waals surface area contributed by atoms with Crippen molar-refractivity contribution < 1.29 is 9.59 Å². The van der Waals surface area contributed by atoms with E-state index in [0.717, 1.165) is 25.1 Å². The van der Waals surface area contributed by atoms with Gasteiger partial charge < -0.3 is 15.5 Å². The van der Waals surface area contributed by atoms with E-state index in [9.17, 15) is 14.4 Å². The van der Waals surface area contributed by atoms with Crippen molar-refractivity contribution in [1.29, 1.82) is 0 Å². The van der Waals surface area contributed by atoms with Gasteiger partial charge in [0.15, 0.2) is 0 Å². The number of rotatable bonds is 7. The van der Waals surface area contributed by atoms with Crippen LogP contribution in [0.2, 0.25) is 0 Å². The van der Waals surface area contributed by atoms with Crippen molar-refractivity contribution in [2.75, 3.05) is 31.5 Å². The molecular weight excluding hydrogens is 382 g/mol. The molecule has 2 amide bonds. The molecule has 8 nitrogen and oxygen atoms in total. The van der Waals surface area contributed by atoms with Crippen LogP contribution in [0.25, 0.3) is 5.69 Å². The summed E-state index contributed by atoms with van der Waals surface area (Å²) >= 11 is 0. The van der Waals surface area contributed by atoms with Gasteiger partial charge in [0.05, 0.1) is 17.3 Å². The molecule has 2 N–H and O–H groups in total. The van der Waals surface area contributed by atoms with Crippen LogP contribution in [0.4, 0.5) is 5.69 Å². The molecule has 0 spiro atoms. The number of likely N-dealkylation sites (tertiary alicyclic amines) is 1. The minimum Gasteiger partial charge on any atom is -0.356 e. The molecule has 1 aromatic heterocycles. The third kappa shape index (κ3) is 4.81. The standard InChI is InChI=1S/C22H31N5O3/c1-4-23-21(29)17-9-8-13-26(15-17)14-12-19(28)24-20-16(2)25(3)27(22(20)30)18-10-6-5-7-11-18/h5-7,10-11,17H,4,8-9,12-15H2,1-3H3,(H,23,29)(H,24,28). The zero-order valence-corrected chi connectivity index (χ0v) is 18.0. The maximum atomic E-state index is 12.9. The number of carbonyl (C=O) groups excluding carboxylic acids is 2. The van der Waals surface area contributed by atoms with E-state index in [-0.39, 0.29) is 29.7 Å². The summed E-state index contributed by atoms with van der Waals surface area (Å²) in [5, 5.41) is 5.69. The lowest BCUT2D eigenvalue weighted by Gasteiger charge is -2.31. The van der Waals surface area contributed by atoms with E-state index in [1.165, 1.54) is 0 Å². The Hall–Kier alpha value is -2.87. The number of hydrogen-bond donors (Lipinski definition) is 2. The molecule has 162 valence electrons. The third-order valence-corrected chi connectivity index (χ3v) is 5.70.